The van der Waals surface area contributed by atoms with Crippen LogP contribution in [-0.2, 0) is 17.1 Å². The van der Waals surface area contributed by atoms with Crippen LogP contribution in [0.4, 0.5) is 5.69 Å². The Balaban J connectivity index is 0.000000640. The summed E-state index contributed by atoms with van der Waals surface area (Å²) in [5, 5.41) is 8.16. The van der Waals surface area contributed by atoms with Gasteiger partial charge in [0.2, 0.25) is 5.39 Å². The van der Waals surface area contributed by atoms with E-state index in [1.54, 1.807) is 12.1 Å². The largest absolute Gasteiger partial charge is 2.00 e. The molecule has 0 aliphatic rings. The van der Waals surface area contributed by atoms with Gasteiger partial charge in [0.25, 0.3) is 0 Å². The molecule has 0 saturated carbocycles. The molecule has 0 aliphatic heterocycles. The van der Waals surface area contributed by atoms with Gasteiger partial charge in [-0.1, -0.05) is 18.2 Å². The first-order valence-electron chi connectivity index (χ1n) is 2.33. The standard InChI is InChI=1S/C6H5N2.Fe/c7-8-6-4-2-1-3-5-6;/h1-5H;/q+1;+2. The molecule has 3 heteroatoms. The second kappa shape index (κ2) is 4.08. The molecule has 44 valence electrons. The van der Waals surface area contributed by atoms with Crippen LogP contribution in [0, 0.1) is 5.39 Å². The van der Waals surface area contributed by atoms with E-state index in [4.69, 9.17) is 5.39 Å². The summed E-state index contributed by atoms with van der Waals surface area (Å²) in [6, 6.07) is 8.94. The van der Waals surface area contributed by atoms with E-state index in [2.05, 4.69) is 4.98 Å². The average molecular weight is 161 g/mol. The summed E-state index contributed by atoms with van der Waals surface area (Å²) in [6.07, 6.45) is 0. The molecule has 0 spiro atoms. The molecule has 0 aliphatic carbocycles. The van der Waals surface area contributed by atoms with Crippen LogP contribution in [0.2, 0.25) is 0 Å². The minimum atomic E-state index is 0. The Labute approximate surface area is 64.0 Å². The van der Waals surface area contributed by atoms with Crippen LogP contribution >= 0.6 is 0 Å². The molecule has 0 aromatic heterocycles. The molecule has 1 aromatic rings. The van der Waals surface area contributed by atoms with Crippen molar-refractivity contribution >= 4 is 5.69 Å². The van der Waals surface area contributed by atoms with Crippen molar-refractivity contribution in [2.45, 2.75) is 0 Å². The zero-order valence-electron chi connectivity index (χ0n) is 4.63. The Morgan fingerprint density at radius 3 is 2.00 bits per heavy atom. The predicted octanol–water partition coefficient (Wildman–Crippen LogP) is 2.17. The summed E-state index contributed by atoms with van der Waals surface area (Å²) in [5.74, 6) is 0. The van der Waals surface area contributed by atoms with Crippen molar-refractivity contribution in [1.29, 1.82) is 5.39 Å². The molecule has 0 atom stereocenters. The smallest absolute Gasteiger partial charge is 0.0617 e. The Bertz CT molecular complexity index is 202. The van der Waals surface area contributed by atoms with Crippen LogP contribution in [0.15, 0.2) is 30.3 Å². The molecule has 1 rings (SSSR count). The minimum absolute atomic E-state index is 0. The Morgan fingerprint density at radius 2 is 1.67 bits per heavy atom. The fraction of sp³-hybridized carbons (Fsp3) is 0. The van der Waals surface area contributed by atoms with Crippen molar-refractivity contribution in [3.05, 3.63) is 35.3 Å². The Morgan fingerprint density at radius 1 is 1.11 bits per heavy atom. The van der Waals surface area contributed by atoms with Crippen molar-refractivity contribution < 1.29 is 17.1 Å². The molecule has 0 unspecified atom stereocenters. The number of nitrogens with zero attached hydrogens (tertiary/aromatic N) is 2. The van der Waals surface area contributed by atoms with E-state index < -0.39 is 0 Å². The van der Waals surface area contributed by atoms with E-state index in [9.17, 15) is 0 Å². The van der Waals surface area contributed by atoms with Gasteiger partial charge in [-0.05, 0) is 0 Å². The van der Waals surface area contributed by atoms with Crippen molar-refractivity contribution in [3.63, 3.8) is 0 Å². The van der Waals surface area contributed by atoms with Crippen molar-refractivity contribution in [1.82, 2.24) is 0 Å². The molecule has 0 amide bonds. The summed E-state index contributed by atoms with van der Waals surface area (Å²) in [7, 11) is 0. The van der Waals surface area contributed by atoms with Gasteiger partial charge in [0.1, 0.15) is 0 Å². The fourth-order valence-corrected chi connectivity index (χ4v) is 0.495. The molecule has 0 heterocycles. The van der Waals surface area contributed by atoms with Gasteiger partial charge >= 0.3 is 22.8 Å². The van der Waals surface area contributed by atoms with Crippen molar-refractivity contribution in [2.75, 3.05) is 0 Å². The fourth-order valence-electron chi connectivity index (χ4n) is 0.495. The average Bonchev–Trinajstić information content (AvgIpc) is 1.90. The minimum Gasteiger partial charge on any atom is -0.0617 e. The first-order chi connectivity index (χ1) is 3.93. The van der Waals surface area contributed by atoms with Crippen LogP contribution in [-0.4, -0.2) is 0 Å². The second-order valence-corrected chi connectivity index (χ2v) is 1.44. The normalized spacial score (nSPS) is 7.00. The third-order valence-corrected chi connectivity index (χ3v) is 0.872. The number of benzene rings is 1. The summed E-state index contributed by atoms with van der Waals surface area (Å²) in [5.41, 5.74) is 0.590. The topological polar surface area (TPSA) is 28.1 Å². The number of hydrogen-bond donors (Lipinski definition) is 0. The molecule has 2 nitrogen and oxygen atoms in total. The van der Waals surface area contributed by atoms with Gasteiger partial charge in [0, 0.05) is 12.1 Å². The maximum Gasteiger partial charge on any atom is 2.00 e. The van der Waals surface area contributed by atoms with Gasteiger partial charge < -0.3 is 0 Å². The van der Waals surface area contributed by atoms with E-state index in [1.165, 1.54) is 0 Å². The van der Waals surface area contributed by atoms with Gasteiger partial charge in [-0.2, -0.15) is 0 Å². The first-order valence-corrected chi connectivity index (χ1v) is 2.33. The number of diazo groups is 1. The van der Waals surface area contributed by atoms with Gasteiger partial charge in [0.15, 0.2) is 4.98 Å². The van der Waals surface area contributed by atoms with Crippen LogP contribution in [0.25, 0.3) is 4.98 Å². The number of rotatable bonds is 0. The van der Waals surface area contributed by atoms with E-state index in [0.29, 0.717) is 5.69 Å². The Kier molecular flexibility index (Phi) is 3.70. The Hall–Kier alpha value is -0.841. The summed E-state index contributed by atoms with van der Waals surface area (Å²) >= 11 is 0. The molecule has 0 saturated heterocycles. The zero-order valence-corrected chi connectivity index (χ0v) is 5.74. The summed E-state index contributed by atoms with van der Waals surface area (Å²) < 4.78 is 0. The zero-order chi connectivity index (χ0) is 5.82. The molecular formula is C6H5FeN2+3. The van der Waals surface area contributed by atoms with Crippen LogP contribution in [0.5, 0.6) is 0 Å². The van der Waals surface area contributed by atoms with Crippen LogP contribution < -0.4 is 0 Å². The predicted molar refractivity (Wildman–Crippen MR) is 31.2 cm³/mol. The molecule has 0 N–H and O–H groups in total. The SMILES string of the molecule is N#[N+]c1ccccc1.[Fe+2]. The van der Waals surface area contributed by atoms with E-state index in [1.807, 2.05) is 18.2 Å². The third-order valence-electron chi connectivity index (χ3n) is 0.872. The van der Waals surface area contributed by atoms with E-state index in [-0.39, 0.29) is 17.1 Å². The van der Waals surface area contributed by atoms with Crippen molar-refractivity contribution in [2.24, 2.45) is 0 Å². The maximum atomic E-state index is 8.16. The maximum absolute atomic E-state index is 8.16. The van der Waals surface area contributed by atoms with Gasteiger partial charge in [0.05, 0.1) is 0 Å². The van der Waals surface area contributed by atoms with Crippen molar-refractivity contribution in [3.8, 4) is 0 Å². The molecule has 1 aromatic carbocycles. The molecule has 0 radical (unpaired) electrons. The monoisotopic (exact) mass is 161 g/mol. The van der Waals surface area contributed by atoms with Crippen LogP contribution in [0.1, 0.15) is 0 Å². The number of hydrogen-bond acceptors (Lipinski definition) is 1. The quantitative estimate of drug-likeness (QED) is 0.423. The van der Waals surface area contributed by atoms with Gasteiger partial charge in [-0.3, -0.25) is 0 Å². The van der Waals surface area contributed by atoms with Gasteiger partial charge in [-0.15, -0.1) is 0 Å². The first kappa shape index (κ1) is 8.16. The van der Waals surface area contributed by atoms with Gasteiger partial charge in [-0.25, -0.2) is 0 Å². The molecule has 0 fully saturated rings. The molecular weight excluding hydrogens is 156 g/mol. The summed E-state index contributed by atoms with van der Waals surface area (Å²) in [4.78, 5) is 2.97. The molecule has 0 bridgehead atoms. The molecule has 9 heavy (non-hydrogen) atoms. The summed E-state index contributed by atoms with van der Waals surface area (Å²) in [6.45, 7) is 0. The third kappa shape index (κ3) is 2.27. The van der Waals surface area contributed by atoms with E-state index >= 15 is 0 Å². The second-order valence-electron chi connectivity index (χ2n) is 1.44. The van der Waals surface area contributed by atoms with E-state index in [0.717, 1.165) is 0 Å². The van der Waals surface area contributed by atoms with Crippen LogP contribution in [0.3, 0.4) is 0 Å².